The van der Waals surface area contributed by atoms with Crippen LogP contribution in [0.15, 0.2) is 0 Å². The van der Waals surface area contributed by atoms with Crippen LogP contribution < -0.4 is 10.5 Å². The Morgan fingerprint density at radius 2 is 1.85 bits per heavy atom. The molecule has 2 fully saturated rings. The van der Waals surface area contributed by atoms with E-state index >= 15 is 0 Å². The van der Waals surface area contributed by atoms with Gasteiger partial charge in [0.2, 0.25) is 0 Å². The molecule has 2 aliphatic rings. The number of hydrogen-bond acceptors (Lipinski definition) is 3. The molecule has 1 saturated carbocycles. The minimum Gasteiger partial charge on any atom is -0.324 e. The highest BCUT2D eigenvalue weighted by molar-refractivity contribution is 7.87. The van der Waals surface area contributed by atoms with Crippen LogP contribution in [0.3, 0.4) is 0 Å². The predicted octanol–water partition coefficient (Wildman–Crippen LogP) is 1.78. The van der Waals surface area contributed by atoms with Gasteiger partial charge in [0.15, 0.2) is 0 Å². The minimum absolute atomic E-state index is 0. The summed E-state index contributed by atoms with van der Waals surface area (Å²) < 4.78 is 29.0. The van der Waals surface area contributed by atoms with Gasteiger partial charge in [-0.25, -0.2) is 4.72 Å². The molecule has 2 rings (SSSR count). The molecule has 0 radical (unpaired) electrons. The van der Waals surface area contributed by atoms with Crippen LogP contribution in [-0.2, 0) is 10.2 Å². The first-order valence-electron chi connectivity index (χ1n) is 7.48. The summed E-state index contributed by atoms with van der Waals surface area (Å²) in [5.74, 6) is 0. The fourth-order valence-corrected chi connectivity index (χ4v) is 4.76. The lowest BCUT2D eigenvalue weighted by molar-refractivity contribution is 0.257. The molecular formula is C13H28ClN3O2S. The lowest BCUT2D eigenvalue weighted by Crippen LogP contribution is -2.55. The van der Waals surface area contributed by atoms with Crippen LogP contribution in [0.5, 0.6) is 0 Å². The molecule has 0 aromatic rings. The summed E-state index contributed by atoms with van der Waals surface area (Å²) in [6.07, 6.45) is 8.31. The fourth-order valence-electron chi connectivity index (χ4n) is 3.18. The summed E-state index contributed by atoms with van der Waals surface area (Å²) in [7, 11) is -3.37. The van der Waals surface area contributed by atoms with Crippen LogP contribution in [-0.4, -0.2) is 37.4 Å². The molecule has 0 spiro atoms. The zero-order valence-corrected chi connectivity index (χ0v) is 13.9. The Balaban J connectivity index is 0.00000200. The molecule has 1 atom stereocenters. The van der Waals surface area contributed by atoms with Crippen molar-refractivity contribution in [3.05, 3.63) is 0 Å². The van der Waals surface area contributed by atoms with Crippen LogP contribution in [0.25, 0.3) is 0 Å². The van der Waals surface area contributed by atoms with Crippen molar-refractivity contribution in [3.8, 4) is 0 Å². The van der Waals surface area contributed by atoms with Crippen molar-refractivity contribution in [2.24, 2.45) is 5.73 Å². The lowest BCUT2D eigenvalue weighted by Gasteiger charge is -2.36. The van der Waals surface area contributed by atoms with Crippen molar-refractivity contribution in [1.82, 2.24) is 9.03 Å². The van der Waals surface area contributed by atoms with Crippen LogP contribution in [0, 0.1) is 0 Å². The Hall–Kier alpha value is 0.120. The normalized spacial score (nSPS) is 27.8. The number of nitrogens with one attached hydrogen (secondary N) is 1. The van der Waals surface area contributed by atoms with Crippen molar-refractivity contribution in [2.75, 3.05) is 13.1 Å². The van der Waals surface area contributed by atoms with Gasteiger partial charge in [0, 0.05) is 24.7 Å². The Kier molecular flexibility index (Phi) is 6.73. The van der Waals surface area contributed by atoms with E-state index in [9.17, 15) is 8.42 Å². The molecule has 1 heterocycles. The topological polar surface area (TPSA) is 75.4 Å². The monoisotopic (exact) mass is 325 g/mol. The summed E-state index contributed by atoms with van der Waals surface area (Å²) in [6.45, 7) is 2.99. The van der Waals surface area contributed by atoms with Crippen LogP contribution >= 0.6 is 12.4 Å². The number of nitrogens with two attached hydrogens (primary N) is 1. The van der Waals surface area contributed by atoms with E-state index in [1.165, 1.54) is 6.42 Å². The van der Waals surface area contributed by atoms with Gasteiger partial charge in [-0.1, -0.05) is 25.7 Å². The Morgan fingerprint density at radius 3 is 2.45 bits per heavy atom. The van der Waals surface area contributed by atoms with Crippen molar-refractivity contribution in [2.45, 2.75) is 69.9 Å². The van der Waals surface area contributed by atoms with Gasteiger partial charge in [0.05, 0.1) is 0 Å². The summed E-state index contributed by atoms with van der Waals surface area (Å²) >= 11 is 0. The van der Waals surface area contributed by atoms with E-state index < -0.39 is 10.2 Å². The smallest absolute Gasteiger partial charge is 0.279 e. The first-order chi connectivity index (χ1) is 8.93. The number of piperidine rings is 1. The van der Waals surface area contributed by atoms with E-state index in [4.69, 9.17) is 5.73 Å². The third-order valence-corrected chi connectivity index (χ3v) is 6.18. The highest BCUT2D eigenvalue weighted by atomic mass is 35.5. The average molecular weight is 326 g/mol. The summed E-state index contributed by atoms with van der Waals surface area (Å²) in [5, 5.41) is 0. The molecule has 1 aliphatic heterocycles. The third-order valence-electron chi connectivity index (χ3n) is 4.51. The largest absolute Gasteiger partial charge is 0.324 e. The molecule has 1 unspecified atom stereocenters. The third kappa shape index (κ3) is 4.56. The maximum absolute atomic E-state index is 12.3. The highest BCUT2D eigenvalue weighted by Gasteiger charge is 2.33. The zero-order chi connectivity index (χ0) is 13.9. The molecule has 20 heavy (non-hydrogen) atoms. The van der Waals surface area contributed by atoms with Gasteiger partial charge >= 0.3 is 0 Å². The van der Waals surface area contributed by atoms with Crippen LogP contribution in [0.1, 0.15) is 58.3 Å². The molecule has 120 valence electrons. The van der Waals surface area contributed by atoms with Crippen LogP contribution in [0.2, 0.25) is 0 Å². The molecule has 3 N–H and O–H groups in total. The highest BCUT2D eigenvalue weighted by Crippen LogP contribution is 2.26. The molecular weight excluding hydrogens is 298 g/mol. The minimum atomic E-state index is -3.37. The maximum Gasteiger partial charge on any atom is 0.279 e. The zero-order valence-electron chi connectivity index (χ0n) is 12.3. The Bertz CT molecular complexity index is 396. The lowest BCUT2D eigenvalue weighted by atomic mass is 9.83. The molecule has 0 bridgehead atoms. The maximum atomic E-state index is 12.3. The SMILES string of the molecule is CC1CCCCN1S(=O)(=O)NCC1(N)CCCCC1.Cl. The predicted molar refractivity (Wildman–Crippen MR) is 84.2 cm³/mol. The quantitative estimate of drug-likeness (QED) is 0.827. The van der Waals surface area contributed by atoms with Gasteiger partial charge in [0.1, 0.15) is 0 Å². The molecule has 1 aliphatic carbocycles. The van der Waals surface area contributed by atoms with E-state index in [2.05, 4.69) is 4.72 Å². The van der Waals surface area contributed by atoms with E-state index in [-0.39, 0.29) is 24.0 Å². The van der Waals surface area contributed by atoms with E-state index in [0.29, 0.717) is 13.1 Å². The van der Waals surface area contributed by atoms with Gasteiger partial charge in [-0.3, -0.25) is 0 Å². The van der Waals surface area contributed by atoms with Crippen molar-refractivity contribution < 1.29 is 8.42 Å². The summed E-state index contributed by atoms with van der Waals surface area (Å²) in [6, 6.07) is 0.103. The number of nitrogens with zero attached hydrogens (tertiary/aromatic N) is 1. The molecule has 0 aromatic heterocycles. The van der Waals surface area contributed by atoms with Crippen molar-refractivity contribution >= 4 is 22.6 Å². The van der Waals surface area contributed by atoms with Gasteiger partial charge in [-0.2, -0.15) is 12.7 Å². The molecule has 0 amide bonds. The summed E-state index contributed by atoms with van der Waals surface area (Å²) in [4.78, 5) is 0. The van der Waals surface area contributed by atoms with Gasteiger partial charge in [0.25, 0.3) is 10.2 Å². The second kappa shape index (κ2) is 7.40. The molecule has 0 aromatic carbocycles. The number of rotatable bonds is 4. The number of hydrogen-bond donors (Lipinski definition) is 2. The molecule has 5 nitrogen and oxygen atoms in total. The molecule has 1 saturated heterocycles. The molecule has 7 heteroatoms. The fraction of sp³-hybridized carbons (Fsp3) is 1.00. The Morgan fingerprint density at radius 1 is 1.20 bits per heavy atom. The first kappa shape index (κ1) is 18.2. The van der Waals surface area contributed by atoms with Crippen molar-refractivity contribution in [3.63, 3.8) is 0 Å². The Labute approximate surface area is 129 Å². The van der Waals surface area contributed by atoms with E-state index in [0.717, 1.165) is 44.9 Å². The van der Waals surface area contributed by atoms with Gasteiger partial charge in [-0.05, 0) is 32.6 Å². The number of halogens is 1. The summed E-state index contributed by atoms with van der Waals surface area (Å²) in [5.41, 5.74) is 5.94. The standard InChI is InChI=1S/C13H27N3O2S.ClH/c1-12-7-3-6-10-16(12)19(17,18)15-11-13(14)8-4-2-5-9-13;/h12,15H,2-11,14H2,1H3;1H. The first-order valence-corrected chi connectivity index (χ1v) is 8.92. The van der Waals surface area contributed by atoms with E-state index in [1.54, 1.807) is 4.31 Å². The van der Waals surface area contributed by atoms with Crippen LogP contribution in [0.4, 0.5) is 0 Å². The van der Waals surface area contributed by atoms with Crippen molar-refractivity contribution in [1.29, 1.82) is 0 Å². The van der Waals surface area contributed by atoms with E-state index in [1.807, 2.05) is 6.92 Å². The van der Waals surface area contributed by atoms with Gasteiger partial charge < -0.3 is 5.73 Å². The second-order valence-electron chi connectivity index (χ2n) is 6.20. The second-order valence-corrected chi connectivity index (χ2v) is 7.91. The average Bonchev–Trinajstić information content (AvgIpc) is 2.38. The van der Waals surface area contributed by atoms with Gasteiger partial charge in [-0.15, -0.1) is 12.4 Å².